The van der Waals surface area contributed by atoms with Crippen molar-refractivity contribution < 1.29 is 0 Å². The van der Waals surface area contributed by atoms with Gasteiger partial charge in [-0.3, -0.25) is 0 Å². The molecule has 34 heavy (non-hydrogen) atoms. The summed E-state index contributed by atoms with van der Waals surface area (Å²) in [5.41, 5.74) is 5.93. The molecule has 0 aromatic carbocycles. The van der Waals surface area contributed by atoms with E-state index in [0.29, 0.717) is 0 Å². The predicted octanol–water partition coefficient (Wildman–Crippen LogP) is 11.3. The van der Waals surface area contributed by atoms with E-state index in [1.54, 1.807) is 0 Å². The molecule has 0 fully saturated rings. The number of hydrogen-bond acceptors (Lipinski definition) is 4. The van der Waals surface area contributed by atoms with Gasteiger partial charge in [-0.2, -0.15) is 0 Å². The fourth-order valence-electron chi connectivity index (χ4n) is 4.15. The second-order valence-corrected chi connectivity index (χ2v) is 15.7. The second kappa shape index (κ2) is 9.20. The van der Waals surface area contributed by atoms with Crippen molar-refractivity contribution in [2.45, 2.75) is 80.1 Å². The molecule has 180 valence electrons. The van der Waals surface area contributed by atoms with Crippen LogP contribution in [0.4, 0.5) is 0 Å². The third-order valence-corrected chi connectivity index (χ3v) is 12.1. The maximum Gasteiger partial charge on any atom is 0.0478 e. The van der Waals surface area contributed by atoms with Crippen molar-refractivity contribution in [3.05, 3.63) is 66.0 Å². The SMILES string of the molecule is Cc1cc(-c2sc(-c3cc(C)c(C(C)(C)C)s3)cc2C)sc1C=Cc1sc(C(C)(C)C)cc1C. The Morgan fingerprint density at radius 3 is 1.62 bits per heavy atom. The minimum absolute atomic E-state index is 0.197. The molecule has 0 aliphatic rings. The highest BCUT2D eigenvalue weighted by Gasteiger charge is 2.22. The first kappa shape index (κ1) is 25.6. The number of rotatable bonds is 4. The van der Waals surface area contributed by atoms with Gasteiger partial charge in [-0.15, -0.1) is 45.3 Å². The summed E-state index contributed by atoms with van der Waals surface area (Å²) in [5.74, 6) is 0. The van der Waals surface area contributed by atoms with E-state index in [2.05, 4.69) is 106 Å². The van der Waals surface area contributed by atoms with Crippen LogP contribution in [0.3, 0.4) is 0 Å². The van der Waals surface area contributed by atoms with Crippen LogP contribution < -0.4 is 0 Å². The van der Waals surface area contributed by atoms with Gasteiger partial charge in [0.15, 0.2) is 0 Å². The summed E-state index contributed by atoms with van der Waals surface area (Å²) < 4.78 is 0. The zero-order valence-corrected chi connectivity index (χ0v) is 25.4. The Hall–Kier alpha value is -1.46. The fourth-order valence-corrected chi connectivity index (χ4v) is 9.01. The van der Waals surface area contributed by atoms with Crippen LogP contribution in [0.5, 0.6) is 0 Å². The molecule has 0 unspecified atom stereocenters. The fraction of sp³-hybridized carbons (Fsp3) is 0.400. The Labute approximate surface area is 222 Å². The summed E-state index contributed by atoms with van der Waals surface area (Å²) in [6.45, 7) is 22.8. The molecule has 0 amide bonds. The highest BCUT2D eigenvalue weighted by Crippen LogP contribution is 2.46. The van der Waals surface area contributed by atoms with E-state index in [-0.39, 0.29) is 10.8 Å². The Morgan fingerprint density at radius 2 is 1.06 bits per heavy atom. The Morgan fingerprint density at radius 1 is 0.529 bits per heavy atom. The van der Waals surface area contributed by atoms with Gasteiger partial charge in [-0.05, 0) is 97.2 Å². The third kappa shape index (κ3) is 5.21. The molecule has 0 saturated carbocycles. The van der Waals surface area contributed by atoms with Crippen LogP contribution in [-0.2, 0) is 10.8 Å². The van der Waals surface area contributed by atoms with Gasteiger partial charge in [0.05, 0.1) is 0 Å². The summed E-state index contributed by atoms with van der Waals surface area (Å²) in [6.07, 6.45) is 4.63. The molecule has 0 N–H and O–H groups in total. The van der Waals surface area contributed by atoms with E-state index < -0.39 is 0 Å². The van der Waals surface area contributed by atoms with Gasteiger partial charge in [0.2, 0.25) is 0 Å². The molecule has 4 heteroatoms. The van der Waals surface area contributed by atoms with Gasteiger partial charge in [0.25, 0.3) is 0 Å². The summed E-state index contributed by atoms with van der Waals surface area (Å²) in [4.78, 5) is 11.3. The van der Waals surface area contributed by atoms with E-state index in [1.165, 1.54) is 61.3 Å². The number of aryl methyl sites for hydroxylation is 4. The normalized spacial score (nSPS) is 12.9. The van der Waals surface area contributed by atoms with Gasteiger partial charge < -0.3 is 0 Å². The molecule has 4 aromatic heterocycles. The average Bonchev–Trinajstić information content (AvgIpc) is 3.45. The van der Waals surface area contributed by atoms with Crippen molar-refractivity contribution in [1.29, 1.82) is 0 Å². The van der Waals surface area contributed by atoms with Crippen molar-refractivity contribution in [2.75, 3.05) is 0 Å². The molecule has 0 saturated heterocycles. The molecule has 0 bridgehead atoms. The molecule has 0 aliphatic carbocycles. The average molecular weight is 525 g/mol. The third-order valence-electron chi connectivity index (χ3n) is 6.02. The molecule has 4 rings (SSSR count). The molecule has 4 heterocycles. The lowest BCUT2D eigenvalue weighted by atomic mass is 9.92. The molecule has 4 aromatic rings. The van der Waals surface area contributed by atoms with Crippen LogP contribution in [0.2, 0.25) is 0 Å². The lowest BCUT2D eigenvalue weighted by Crippen LogP contribution is -2.09. The standard InChI is InChI=1S/C30H36S4/c1-17-13-25(31-21(17)11-12-22-18(2)16-26(32-22)29(5,6)7)27-19(3)14-23(33-27)24-15-20(4)28(34-24)30(8,9)10/h11-16H,1-10H3. The summed E-state index contributed by atoms with van der Waals surface area (Å²) >= 11 is 7.74. The van der Waals surface area contributed by atoms with Gasteiger partial charge in [0.1, 0.15) is 0 Å². The minimum atomic E-state index is 0.197. The molecule has 0 atom stereocenters. The Balaban J connectivity index is 1.63. The topological polar surface area (TPSA) is 0 Å². The largest absolute Gasteiger partial charge is 0.140 e. The van der Waals surface area contributed by atoms with Gasteiger partial charge in [0, 0.05) is 39.0 Å². The zero-order chi connectivity index (χ0) is 25.0. The number of hydrogen-bond donors (Lipinski definition) is 0. The van der Waals surface area contributed by atoms with E-state index in [4.69, 9.17) is 0 Å². The summed E-state index contributed by atoms with van der Waals surface area (Å²) in [6, 6.07) is 9.48. The van der Waals surface area contributed by atoms with Crippen molar-refractivity contribution in [2.24, 2.45) is 0 Å². The minimum Gasteiger partial charge on any atom is -0.140 e. The zero-order valence-electron chi connectivity index (χ0n) is 22.1. The van der Waals surface area contributed by atoms with Crippen LogP contribution >= 0.6 is 45.3 Å². The maximum atomic E-state index is 2.38. The summed E-state index contributed by atoms with van der Waals surface area (Å²) in [5, 5.41) is 0. The smallest absolute Gasteiger partial charge is 0.0478 e. The predicted molar refractivity (Wildman–Crippen MR) is 161 cm³/mol. The lowest BCUT2D eigenvalue weighted by Gasteiger charge is -2.17. The van der Waals surface area contributed by atoms with Crippen LogP contribution in [0.1, 0.15) is 83.3 Å². The van der Waals surface area contributed by atoms with Gasteiger partial charge in [-0.25, -0.2) is 0 Å². The first-order chi connectivity index (χ1) is 15.7. The Bertz CT molecular complexity index is 1350. The Kier molecular flexibility index (Phi) is 6.94. The van der Waals surface area contributed by atoms with Crippen LogP contribution in [0.15, 0.2) is 24.3 Å². The highest BCUT2D eigenvalue weighted by molar-refractivity contribution is 7.27. The van der Waals surface area contributed by atoms with Crippen molar-refractivity contribution in [1.82, 2.24) is 0 Å². The first-order valence-corrected chi connectivity index (χ1v) is 15.1. The highest BCUT2D eigenvalue weighted by atomic mass is 32.1. The van der Waals surface area contributed by atoms with Crippen LogP contribution in [0, 0.1) is 27.7 Å². The second-order valence-electron chi connectivity index (χ2n) is 11.4. The lowest BCUT2D eigenvalue weighted by molar-refractivity contribution is 0.600. The maximum absolute atomic E-state index is 2.38. The van der Waals surface area contributed by atoms with Crippen LogP contribution in [0.25, 0.3) is 31.7 Å². The summed E-state index contributed by atoms with van der Waals surface area (Å²) in [7, 11) is 0. The quantitative estimate of drug-likeness (QED) is 0.249. The van der Waals surface area contributed by atoms with Gasteiger partial charge >= 0.3 is 0 Å². The van der Waals surface area contributed by atoms with E-state index in [1.807, 2.05) is 45.3 Å². The molecular formula is C30H36S4. The van der Waals surface area contributed by atoms with E-state index >= 15 is 0 Å². The number of thiophene rings is 4. The molecule has 0 nitrogen and oxygen atoms in total. The van der Waals surface area contributed by atoms with E-state index in [0.717, 1.165) is 0 Å². The van der Waals surface area contributed by atoms with Gasteiger partial charge in [-0.1, -0.05) is 41.5 Å². The van der Waals surface area contributed by atoms with Crippen molar-refractivity contribution in [3.8, 4) is 19.5 Å². The monoisotopic (exact) mass is 524 g/mol. The van der Waals surface area contributed by atoms with E-state index in [9.17, 15) is 0 Å². The molecule has 0 spiro atoms. The van der Waals surface area contributed by atoms with Crippen LogP contribution in [-0.4, -0.2) is 0 Å². The van der Waals surface area contributed by atoms with Crippen molar-refractivity contribution >= 4 is 57.5 Å². The molecular weight excluding hydrogens is 489 g/mol. The molecule has 0 radical (unpaired) electrons. The van der Waals surface area contributed by atoms with Crippen molar-refractivity contribution in [3.63, 3.8) is 0 Å². The first-order valence-electron chi connectivity index (χ1n) is 11.9. The molecule has 0 aliphatic heterocycles.